The highest BCUT2D eigenvalue weighted by molar-refractivity contribution is 5.24. The summed E-state index contributed by atoms with van der Waals surface area (Å²) in [6, 6.07) is -0.0783. The molecule has 0 saturated carbocycles. The molecule has 1 aromatic rings. The molecule has 0 saturated heterocycles. The highest BCUT2D eigenvalue weighted by Crippen LogP contribution is 2.02. The van der Waals surface area contributed by atoms with Crippen LogP contribution < -0.4 is 5.32 Å². The highest BCUT2D eigenvalue weighted by Gasteiger charge is 2.05. The third-order valence-electron chi connectivity index (χ3n) is 1.67. The van der Waals surface area contributed by atoms with E-state index in [1.54, 1.807) is 0 Å². The largest absolute Gasteiger partial charge is 0.394 e. The van der Waals surface area contributed by atoms with Crippen molar-refractivity contribution in [1.82, 2.24) is 9.97 Å². The van der Waals surface area contributed by atoms with Crippen molar-refractivity contribution in [3.05, 3.63) is 18.2 Å². The minimum absolute atomic E-state index is 0.0111. The van der Waals surface area contributed by atoms with Crippen molar-refractivity contribution >= 4 is 5.95 Å². The van der Waals surface area contributed by atoms with Crippen LogP contribution in [0, 0.1) is 5.82 Å². The Kier molecular flexibility index (Phi) is 3.57. The van der Waals surface area contributed by atoms with Gasteiger partial charge in [0.05, 0.1) is 25.0 Å². The number of nitrogens with zero attached hydrogens (tertiary/aromatic N) is 2. The molecule has 13 heavy (non-hydrogen) atoms. The first kappa shape index (κ1) is 9.85. The van der Waals surface area contributed by atoms with Crippen molar-refractivity contribution in [2.24, 2.45) is 0 Å². The van der Waals surface area contributed by atoms with Crippen LogP contribution in [0.25, 0.3) is 0 Å². The summed E-state index contributed by atoms with van der Waals surface area (Å²) in [6.45, 7) is 1.94. The fourth-order valence-electron chi connectivity index (χ4n) is 0.846. The lowest BCUT2D eigenvalue weighted by Gasteiger charge is -2.12. The van der Waals surface area contributed by atoms with Gasteiger partial charge in [-0.05, 0) is 6.42 Å². The number of halogens is 1. The fourth-order valence-corrected chi connectivity index (χ4v) is 0.846. The Morgan fingerprint density at radius 2 is 2.15 bits per heavy atom. The molecule has 0 spiro atoms. The Bertz CT molecular complexity index is 248. The minimum atomic E-state index is -0.470. The van der Waals surface area contributed by atoms with Crippen molar-refractivity contribution in [3.8, 4) is 0 Å². The molecule has 1 heterocycles. The van der Waals surface area contributed by atoms with E-state index in [4.69, 9.17) is 5.11 Å². The van der Waals surface area contributed by atoms with E-state index in [1.165, 1.54) is 0 Å². The van der Waals surface area contributed by atoms with Gasteiger partial charge in [-0.15, -0.1) is 0 Å². The van der Waals surface area contributed by atoms with Crippen LogP contribution in [0.1, 0.15) is 13.3 Å². The summed E-state index contributed by atoms with van der Waals surface area (Å²) in [4.78, 5) is 7.41. The van der Waals surface area contributed by atoms with Crippen molar-refractivity contribution in [2.45, 2.75) is 19.4 Å². The van der Waals surface area contributed by atoms with Crippen LogP contribution in [0.4, 0.5) is 10.3 Å². The first-order valence-corrected chi connectivity index (χ1v) is 4.11. The lowest BCUT2D eigenvalue weighted by Crippen LogP contribution is -2.23. The zero-order valence-electron chi connectivity index (χ0n) is 7.37. The highest BCUT2D eigenvalue weighted by atomic mass is 19.1. The van der Waals surface area contributed by atoms with Crippen LogP contribution in [0.3, 0.4) is 0 Å². The van der Waals surface area contributed by atoms with E-state index in [1.807, 2.05) is 6.92 Å². The molecule has 0 aliphatic rings. The van der Waals surface area contributed by atoms with Crippen LogP contribution in [-0.2, 0) is 0 Å². The molecule has 2 N–H and O–H groups in total. The average Bonchev–Trinajstić information content (AvgIpc) is 2.17. The van der Waals surface area contributed by atoms with Gasteiger partial charge in [0, 0.05) is 0 Å². The number of nitrogens with one attached hydrogen (secondary N) is 1. The van der Waals surface area contributed by atoms with Crippen LogP contribution in [-0.4, -0.2) is 27.7 Å². The summed E-state index contributed by atoms with van der Waals surface area (Å²) < 4.78 is 12.4. The lowest BCUT2D eigenvalue weighted by atomic mass is 10.2. The summed E-state index contributed by atoms with van der Waals surface area (Å²) in [5.41, 5.74) is 0. The van der Waals surface area contributed by atoms with Crippen LogP contribution in [0.15, 0.2) is 12.4 Å². The van der Waals surface area contributed by atoms with E-state index in [0.29, 0.717) is 5.95 Å². The Morgan fingerprint density at radius 3 is 2.62 bits per heavy atom. The monoisotopic (exact) mass is 185 g/mol. The van der Waals surface area contributed by atoms with E-state index in [9.17, 15) is 4.39 Å². The number of aliphatic hydroxyl groups excluding tert-OH is 1. The third kappa shape index (κ3) is 2.95. The van der Waals surface area contributed by atoms with Gasteiger partial charge in [0.1, 0.15) is 0 Å². The molecule has 0 radical (unpaired) electrons. The van der Waals surface area contributed by atoms with E-state index in [-0.39, 0.29) is 12.6 Å². The number of aliphatic hydroxyl groups is 1. The Morgan fingerprint density at radius 1 is 1.54 bits per heavy atom. The smallest absolute Gasteiger partial charge is 0.223 e. The molecule has 1 atom stereocenters. The van der Waals surface area contributed by atoms with Crippen LogP contribution in [0.2, 0.25) is 0 Å². The van der Waals surface area contributed by atoms with Gasteiger partial charge in [0.15, 0.2) is 5.82 Å². The maximum atomic E-state index is 12.4. The van der Waals surface area contributed by atoms with Gasteiger partial charge < -0.3 is 10.4 Å². The van der Waals surface area contributed by atoms with Gasteiger partial charge in [-0.3, -0.25) is 0 Å². The van der Waals surface area contributed by atoms with E-state index < -0.39 is 5.82 Å². The SMILES string of the molecule is CCC(CO)Nc1ncc(F)cn1. The first-order valence-electron chi connectivity index (χ1n) is 4.11. The molecular formula is C8H12FN3O. The van der Waals surface area contributed by atoms with Gasteiger partial charge in [0.25, 0.3) is 0 Å². The Hall–Kier alpha value is -1.23. The van der Waals surface area contributed by atoms with E-state index >= 15 is 0 Å². The molecule has 0 aliphatic heterocycles. The zero-order valence-corrected chi connectivity index (χ0v) is 7.37. The summed E-state index contributed by atoms with van der Waals surface area (Å²) in [6.07, 6.45) is 2.93. The van der Waals surface area contributed by atoms with Gasteiger partial charge in [0.2, 0.25) is 5.95 Å². The second-order valence-corrected chi connectivity index (χ2v) is 2.66. The van der Waals surface area contributed by atoms with Crippen molar-refractivity contribution in [2.75, 3.05) is 11.9 Å². The molecule has 1 rings (SSSR count). The minimum Gasteiger partial charge on any atom is -0.394 e. The predicted molar refractivity (Wildman–Crippen MR) is 46.8 cm³/mol. The molecule has 0 amide bonds. The summed E-state index contributed by atoms with van der Waals surface area (Å²) in [5, 5.41) is 11.7. The van der Waals surface area contributed by atoms with Crippen molar-refractivity contribution in [1.29, 1.82) is 0 Å². The Balaban J connectivity index is 2.58. The standard InChI is InChI=1S/C8H12FN3O/c1-2-7(5-13)12-8-10-3-6(9)4-11-8/h3-4,7,13H,2,5H2,1H3,(H,10,11,12). The molecule has 0 fully saturated rings. The molecule has 4 nitrogen and oxygen atoms in total. The second-order valence-electron chi connectivity index (χ2n) is 2.66. The topological polar surface area (TPSA) is 58.0 Å². The summed E-state index contributed by atoms with van der Waals surface area (Å²) in [7, 11) is 0. The van der Waals surface area contributed by atoms with Crippen molar-refractivity contribution < 1.29 is 9.50 Å². The van der Waals surface area contributed by atoms with Gasteiger partial charge in [-0.2, -0.15) is 0 Å². The maximum absolute atomic E-state index is 12.4. The second kappa shape index (κ2) is 4.71. The van der Waals surface area contributed by atoms with Crippen LogP contribution in [0.5, 0.6) is 0 Å². The lowest BCUT2D eigenvalue weighted by molar-refractivity contribution is 0.271. The van der Waals surface area contributed by atoms with Crippen molar-refractivity contribution in [3.63, 3.8) is 0 Å². The molecule has 1 aromatic heterocycles. The van der Waals surface area contributed by atoms with Gasteiger partial charge >= 0.3 is 0 Å². The third-order valence-corrected chi connectivity index (χ3v) is 1.67. The number of hydrogen-bond donors (Lipinski definition) is 2. The summed E-state index contributed by atoms with van der Waals surface area (Å²) in [5.74, 6) is -0.134. The zero-order chi connectivity index (χ0) is 9.68. The van der Waals surface area contributed by atoms with Gasteiger partial charge in [-0.1, -0.05) is 6.92 Å². The first-order chi connectivity index (χ1) is 6.26. The number of hydrogen-bond acceptors (Lipinski definition) is 4. The molecule has 72 valence electrons. The van der Waals surface area contributed by atoms with E-state index in [0.717, 1.165) is 18.8 Å². The number of aromatic nitrogens is 2. The quantitative estimate of drug-likeness (QED) is 0.728. The summed E-state index contributed by atoms with van der Waals surface area (Å²) >= 11 is 0. The normalized spacial score (nSPS) is 12.5. The predicted octanol–water partition coefficient (Wildman–Crippen LogP) is 0.798. The number of rotatable bonds is 4. The fraction of sp³-hybridized carbons (Fsp3) is 0.500. The number of anilines is 1. The molecule has 5 heteroatoms. The molecule has 1 unspecified atom stereocenters. The molecule has 0 bridgehead atoms. The maximum Gasteiger partial charge on any atom is 0.223 e. The molecular weight excluding hydrogens is 173 g/mol. The molecule has 0 aliphatic carbocycles. The average molecular weight is 185 g/mol. The van der Waals surface area contributed by atoms with Gasteiger partial charge in [-0.25, -0.2) is 14.4 Å². The van der Waals surface area contributed by atoms with Crippen LogP contribution >= 0.6 is 0 Å². The Labute approximate surface area is 75.8 Å². The van der Waals surface area contributed by atoms with E-state index in [2.05, 4.69) is 15.3 Å². The molecule has 0 aromatic carbocycles.